The van der Waals surface area contributed by atoms with Crippen molar-refractivity contribution >= 4 is 20.4 Å². The fraction of sp³-hybridized carbons (Fsp3) is 1.00. The molecule has 0 aromatic carbocycles. The normalized spacial score (nSPS) is 13.5. The van der Waals surface area contributed by atoms with Gasteiger partial charge in [0, 0.05) is 10.7 Å². The molecule has 0 saturated heterocycles. The minimum absolute atomic E-state index is 0.269. The molecule has 0 aliphatic heterocycles. The van der Waals surface area contributed by atoms with E-state index in [1.807, 2.05) is 6.92 Å². The molecule has 0 radical (unpaired) electrons. The summed E-state index contributed by atoms with van der Waals surface area (Å²) in [6.07, 6.45) is 2.84. The van der Waals surface area contributed by atoms with E-state index in [4.69, 9.17) is 15.2 Å². The van der Waals surface area contributed by atoms with Crippen LogP contribution in [-0.4, -0.2) is 15.4 Å². The van der Waals surface area contributed by atoms with Gasteiger partial charge in [0.25, 0.3) is 0 Å². The molecular weight excluding hydrogens is 176 g/mol. The molecule has 1 N–H and O–H groups in total. The lowest BCUT2D eigenvalue weighted by Crippen LogP contribution is -2.06. The molecule has 0 unspecified atom stereocenters. The largest absolute Gasteiger partial charge is 0.299 e. The fourth-order valence-corrected chi connectivity index (χ4v) is 1.09. The molecule has 10 heavy (non-hydrogen) atoms. The van der Waals surface area contributed by atoms with Crippen molar-refractivity contribution in [3.63, 3.8) is 0 Å². The molecule has 5 heteroatoms. The molecule has 3 nitrogen and oxygen atoms in total. The van der Waals surface area contributed by atoms with Crippen molar-refractivity contribution in [1.82, 2.24) is 0 Å². The first-order chi connectivity index (χ1) is 4.56. The number of thiol groups is 1. The van der Waals surface area contributed by atoms with Crippen molar-refractivity contribution in [2.75, 3.05) is 6.61 Å². The second kappa shape index (κ2) is 5.07. The highest BCUT2D eigenvalue weighted by Crippen LogP contribution is 2.07. The Bertz CT molecular complexity index is 122. The average molecular weight is 189 g/mol. The third-order valence-electron chi connectivity index (χ3n) is 0.998. The van der Waals surface area contributed by atoms with Crippen LogP contribution < -0.4 is 0 Å². The number of hydrogen-bond acceptors (Lipinski definition) is 2. The molecule has 0 saturated carbocycles. The highest BCUT2D eigenvalue weighted by atomic mass is 35.7. The van der Waals surface area contributed by atoms with Gasteiger partial charge in [-0.15, -0.1) is 0 Å². The quantitative estimate of drug-likeness (QED) is 0.393. The van der Waals surface area contributed by atoms with Crippen molar-refractivity contribution in [2.45, 2.75) is 26.2 Å². The van der Waals surface area contributed by atoms with Crippen LogP contribution in [0.4, 0.5) is 0 Å². The molecule has 0 atom stereocenters. The standard InChI is InChI=1S/C5H13ClO3S/c1-2-3-4-5-9-10(6,7)8/h10H,2-5H2,1H3,(H,7,8). The summed E-state index contributed by atoms with van der Waals surface area (Å²) in [5, 5.41) is 0. The molecule has 0 rings (SSSR count). The predicted octanol–water partition coefficient (Wildman–Crippen LogP) is 1.75. The smallest absolute Gasteiger partial charge is 0.152 e. The Balaban J connectivity index is 3.13. The second-order valence-corrected chi connectivity index (χ2v) is 4.43. The first-order valence-corrected chi connectivity index (χ1v) is 5.71. The summed E-state index contributed by atoms with van der Waals surface area (Å²) in [6, 6.07) is 0. The molecule has 0 aliphatic carbocycles. The lowest BCUT2D eigenvalue weighted by atomic mass is 10.3. The molecule has 0 fully saturated rings. The number of rotatable bonds is 5. The van der Waals surface area contributed by atoms with Crippen LogP contribution in [0.15, 0.2) is 0 Å². The van der Waals surface area contributed by atoms with E-state index < -0.39 is 9.71 Å². The highest BCUT2D eigenvalue weighted by Gasteiger charge is 2.01. The summed E-state index contributed by atoms with van der Waals surface area (Å²) in [5.74, 6) is 0. The van der Waals surface area contributed by atoms with Crippen LogP contribution in [0.2, 0.25) is 0 Å². The Morgan fingerprint density at radius 1 is 1.60 bits per heavy atom. The van der Waals surface area contributed by atoms with E-state index in [9.17, 15) is 4.21 Å². The van der Waals surface area contributed by atoms with Gasteiger partial charge in [-0.25, -0.2) is 4.21 Å². The van der Waals surface area contributed by atoms with Crippen LogP contribution in [0.3, 0.4) is 0 Å². The maximum atomic E-state index is 10.3. The van der Waals surface area contributed by atoms with Gasteiger partial charge < -0.3 is 0 Å². The third kappa shape index (κ3) is 8.36. The van der Waals surface area contributed by atoms with E-state index in [2.05, 4.69) is 4.18 Å². The van der Waals surface area contributed by atoms with Crippen molar-refractivity contribution < 1.29 is 12.9 Å². The first kappa shape index (κ1) is 10.4. The lowest BCUT2D eigenvalue weighted by Gasteiger charge is -2.08. The Labute approximate surface area is 66.7 Å². The molecule has 0 bridgehead atoms. The average Bonchev–Trinajstić information content (AvgIpc) is 1.78. The molecular formula is C5H13ClO3S. The topological polar surface area (TPSA) is 46.5 Å². The van der Waals surface area contributed by atoms with Gasteiger partial charge in [-0.2, -0.15) is 0 Å². The highest BCUT2D eigenvalue weighted by molar-refractivity contribution is 8.15. The Hall–Kier alpha value is 0.360. The van der Waals surface area contributed by atoms with Crippen molar-refractivity contribution in [3.8, 4) is 0 Å². The summed E-state index contributed by atoms with van der Waals surface area (Å²) >= 11 is 0. The van der Waals surface area contributed by atoms with Crippen molar-refractivity contribution in [3.05, 3.63) is 0 Å². The zero-order valence-corrected chi connectivity index (χ0v) is 7.57. The van der Waals surface area contributed by atoms with Crippen molar-refractivity contribution in [1.29, 1.82) is 0 Å². The third-order valence-corrected chi connectivity index (χ3v) is 1.79. The monoisotopic (exact) mass is 188 g/mol. The summed E-state index contributed by atoms with van der Waals surface area (Å²) in [7, 11) is 1.17. The Morgan fingerprint density at radius 3 is 2.60 bits per heavy atom. The van der Waals surface area contributed by atoms with Gasteiger partial charge in [-0.1, -0.05) is 19.8 Å². The molecule has 0 amide bonds. The summed E-state index contributed by atoms with van der Waals surface area (Å²) in [6.45, 7) is 2.31. The van der Waals surface area contributed by atoms with E-state index >= 15 is 0 Å². The minimum Gasteiger partial charge on any atom is -0.299 e. The van der Waals surface area contributed by atoms with E-state index in [0.717, 1.165) is 19.3 Å². The number of unbranched alkanes of at least 4 members (excludes halogenated alkanes) is 2. The maximum Gasteiger partial charge on any atom is 0.152 e. The fourth-order valence-electron chi connectivity index (χ4n) is 0.529. The van der Waals surface area contributed by atoms with E-state index in [1.165, 1.54) is 0 Å². The molecule has 0 aliphatic rings. The van der Waals surface area contributed by atoms with E-state index in [1.54, 1.807) is 0 Å². The molecule has 0 aromatic rings. The zero-order valence-electron chi connectivity index (χ0n) is 5.92. The van der Waals surface area contributed by atoms with Gasteiger partial charge in [0.2, 0.25) is 0 Å². The van der Waals surface area contributed by atoms with E-state index in [0.29, 0.717) is 0 Å². The van der Waals surface area contributed by atoms with Gasteiger partial charge in [0.15, 0.2) is 9.71 Å². The van der Waals surface area contributed by atoms with Crippen LogP contribution in [0.5, 0.6) is 0 Å². The molecule has 0 heterocycles. The molecule has 0 spiro atoms. The summed E-state index contributed by atoms with van der Waals surface area (Å²) in [4.78, 5) is 0. The predicted molar refractivity (Wildman–Crippen MR) is 43.5 cm³/mol. The lowest BCUT2D eigenvalue weighted by molar-refractivity contribution is 0.292. The minimum atomic E-state index is -3.73. The van der Waals surface area contributed by atoms with Gasteiger partial charge in [-0.05, 0) is 6.42 Å². The Morgan fingerprint density at radius 2 is 2.20 bits per heavy atom. The zero-order chi connectivity index (χ0) is 8.04. The van der Waals surface area contributed by atoms with Gasteiger partial charge >= 0.3 is 0 Å². The van der Waals surface area contributed by atoms with Crippen molar-refractivity contribution in [2.24, 2.45) is 0 Å². The van der Waals surface area contributed by atoms with Gasteiger partial charge in [0.1, 0.15) is 0 Å². The maximum absolute atomic E-state index is 10.3. The van der Waals surface area contributed by atoms with Crippen LogP contribution in [0.1, 0.15) is 26.2 Å². The number of hydrogen-bond donors (Lipinski definition) is 2. The van der Waals surface area contributed by atoms with E-state index in [-0.39, 0.29) is 6.61 Å². The molecule has 64 valence electrons. The summed E-state index contributed by atoms with van der Waals surface area (Å²) in [5.41, 5.74) is 0. The Kier molecular flexibility index (Phi) is 5.25. The summed E-state index contributed by atoms with van der Waals surface area (Å²) < 4.78 is 23.1. The number of halogens is 1. The van der Waals surface area contributed by atoms with Crippen LogP contribution in [-0.2, 0) is 13.9 Å². The SMILES string of the molecule is CCCCCO[SH](=O)(O)Cl. The first-order valence-electron chi connectivity index (χ1n) is 3.23. The van der Waals surface area contributed by atoms with Crippen LogP contribution in [0, 0.1) is 0 Å². The second-order valence-electron chi connectivity index (χ2n) is 1.99. The molecule has 0 aromatic heterocycles. The van der Waals surface area contributed by atoms with Gasteiger partial charge in [-0.3, -0.25) is 8.74 Å². The van der Waals surface area contributed by atoms with Gasteiger partial charge in [0.05, 0.1) is 6.61 Å². The van der Waals surface area contributed by atoms with Crippen LogP contribution in [0.25, 0.3) is 0 Å². The van der Waals surface area contributed by atoms with Crippen LogP contribution >= 0.6 is 10.7 Å².